The standard InChI is InChI=1S/C14H22O/c1-4-6-11-15-14-9-7-13(8-10-14)12(3)5-2/h7-10,12H,4-6,11H2,1-3H3. The Balaban J connectivity index is 2.49. The minimum absolute atomic E-state index is 0.648. The molecule has 1 aromatic rings. The second-order valence-corrected chi connectivity index (χ2v) is 4.08. The summed E-state index contributed by atoms with van der Waals surface area (Å²) in [5.74, 6) is 1.64. The molecule has 84 valence electrons. The molecular formula is C14H22O. The van der Waals surface area contributed by atoms with Crippen molar-refractivity contribution in [3.05, 3.63) is 29.8 Å². The van der Waals surface area contributed by atoms with Gasteiger partial charge in [-0.15, -0.1) is 0 Å². The van der Waals surface area contributed by atoms with E-state index in [0.717, 1.165) is 18.8 Å². The van der Waals surface area contributed by atoms with Gasteiger partial charge in [0.25, 0.3) is 0 Å². The summed E-state index contributed by atoms with van der Waals surface area (Å²) in [7, 11) is 0. The van der Waals surface area contributed by atoms with Crippen molar-refractivity contribution in [2.24, 2.45) is 0 Å². The van der Waals surface area contributed by atoms with Crippen molar-refractivity contribution >= 4 is 0 Å². The van der Waals surface area contributed by atoms with Crippen LogP contribution in [0.3, 0.4) is 0 Å². The van der Waals surface area contributed by atoms with E-state index in [1.807, 2.05) is 0 Å². The van der Waals surface area contributed by atoms with Crippen LogP contribution in [0.1, 0.15) is 51.5 Å². The van der Waals surface area contributed by atoms with Crippen molar-refractivity contribution in [2.45, 2.75) is 46.0 Å². The van der Waals surface area contributed by atoms with Crippen molar-refractivity contribution in [3.8, 4) is 5.75 Å². The van der Waals surface area contributed by atoms with E-state index in [9.17, 15) is 0 Å². The lowest BCUT2D eigenvalue weighted by Gasteiger charge is -2.10. The molecule has 0 aliphatic carbocycles. The molecule has 15 heavy (non-hydrogen) atoms. The highest BCUT2D eigenvalue weighted by Gasteiger charge is 2.02. The van der Waals surface area contributed by atoms with Gasteiger partial charge in [-0.1, -0.05) is 39.3 Å². The van der Waals surface area contributed by atoms with Gasteiger partial charge in [0.15, 0.2) is 0 Å². The zero-order valence-corrected chi connectivity index (χ0v) is 10.1. The van der Waals surface area contributed by atoms with Crippen LogP contribution in [0.25, 0.3) is 0 Å². The molecule has 0 bridgehead atoms. The van der Waals surface area contributed by atoms with E-state index in [1.165, 1.54) is 18.4 Å². The summed E-state index contributed by atoms with van der Waals surface area (Å²) in [6, 6.07) is 8.51. The normalized spacial score (nSPS) is 12.5. The van der Waals surface area contributed by atoms with Gasteiger partial charge in [0.05, 0.1) is 6.61 Å². The number of ether oxygens (including phenoxy) is 1. The molecular weight excluding hydrogens is 184 g/mol. The molecule has 0 aliphatic heterocycles. The summed E-state index contributed by atoms with van der Waals surface area (Å²) < 4.78 is 5.61. The van der Waals surface area contributed by atoms with Gasteiger partial charge >= 0.3 is 0 Å². The monoisotopic (exact) mass is 206 g/mol. The SMILES string of the molecule is CCCCOc1ccc(C(C)CC)cc1. The summed E-state index contributed by atoms with van der Waals surface area (Å²) >= 11 is 0. The largest absolute Gasteiger partial charge is 0.494 e. The van der Waals surface area contributed by atoms with Crippen LogP contribution in [-0.4, -0.2) is 6.61 Å². The minimum Gasteiger partial charge on any atom is -0.494 e. The molecule has 1 rings (SSSR count). The maximum atomic E-state index is 5.61. The van der Waals surface area contributed by atoms with Gasteiger partial charge < -0.3 is 4.74 Å². The molecule has 0 fully saturated rings. The summed E-state index contributed by atoms with van der Waals surface area (Å²) in [5, 5.41) is 0. The van der Waals surface area contributed by atoms with Crippen molar-refractivity contribution < 1.29 is 4.74 Å². The van der Waals surface area contributed by atoms with E-state index in [2.05, 4.69) is 45.0 Å². The molecule has 0 aliphatic rings. The molecule has 0 aromatic heterocycles. The van der Waals surface area contributed by atoms with E-state index in [-0.39, 0.29) is 0 Å². The average Bonchev–Trinajstić information content (AvgIpc) is 2.29. The number of benzene rings is 1. The predicted molar refractivity (Wildman–Crippen MR) is 65.6 cm³/mol. The Kier molecular flexibility index (Phi) is 5.23. The topological polar surface area (TPSA) is 9.23 Å². The third kappa shape index (κ3) is 3.94. The average molecular weight is 206 g/mol. The smallest absolute Gasteiger partial charge is 0.119 e. The summed E-state index contributed by atoms with van der Waals surface area (Å²) in [6.07, 6.45) is 3.51. The van der Waals surface area contributed by atoms with Crippen LogP contribution in [0.4, 0.5) is 0 Å². The second kappa shape index (κ2) is 6.49. The van der Waals surface area contributed by atoms with Crippen molar-refractivity contribution in [2.75, 3.05) is 6.61 Å². The van der Waals surface area contributed by atoms with Crippen molar-refractivity contribution in [1.29, 1.82) is 0 Å². The van der Waals surface area contributed by atoms with Crippen LogP contribution in [-0.2, 0) is 0 Å². The maximum Gasteiger partial charge on any atom is 0.119 e. The van der Waals surface area contributed by atoms with Gasteiger partial charge in [-0.05, 0) is 36.5 Å². The number of hydrogen-bond acceptors (Lipinski definition) is 1. The zero-order chi connectivity index (χ0) is 11.1. The molecule has 1 unspecified atom stereocenters. The highest BCUT2D eigenvalue weighted by molar-refractivity contribution is 5.29. The molecule has 1 nitrogen and oxygen atoms in total. The molecule has 0 spiro atoms. The molecule has 0 heterocycles. The Bertz CT molecular complexity index is 263. The van der Waals surface area contributed by atoms with E-state index >= 15 is 0 Å². The van der Waals surface area contributed by atoms with Crippen molar-refractivity contribution in [3.63, 3.8) is 0 Å². The maximum absolute atomic E-state index is 5.61. The van der Waals surface area contributed by atoms with Crippen LogP contribution < -0.4 is 4.74 Å². The van der Waals surface area contributed by atoms with Crippen LogP contribution in [0.2, 0.25) is 0 Å². The quantitative estimate of drug-likeness (QED) is 0.628. The van der Waals surface area contributed by atoms with Gasteiger partial charge in [0, 0.05) is 0 Å². The highest BCUT2D eigenvalue weighted by Crippen LogP contribution is 2.21. The van der Waals surface area contributed by atoms with E-state index in [1.54, 1.807) is 0 Å². The van der Waals surface area contributed by atoms with Gasteiger partial charge in [0.1, 0.15) is 5.75 Å². The van der Waals surface area contributed by atoms with Crippen LogP contribution in [0.15, 0.2) is 24.3 Å². The molecule has 0 amide bonds. The first-order valence-corrected chi connectivity index (χ1v) is 6.00. The van der Waals surface area contributed by atoms with Gasteiger partial charge in [0.2, 0.25) is 0 Å². The molecule has 1 heteroatoms. The third-order valence-corrected chi connectivity index (χ3v) is 2.83. The van der Waals surface area contributed by atoms with Crippen LogP contribution in [0, 0.1) is 0 Å². The minimum atomic E-state index is 0.648. The molecule has 1 aromatic carbocycles. The van der Waals surface area contributed by atoms with E-state index < -0.39 is 0 Å². The highest BCUT2D eigenvalue weighted by atomic mass is 16.5. The van der Waals surface area contributed by atoms with E-state index in [0.29, 0.717) is 5.92 Å². The lowest BCUT2D eigenvalue weighted by atomic mass is 9.99. The Morgan fingerprint density at radius 2 is 1.80 bits per heavy atom. The van der Waals surface area contributed by atoms with Gasteiger partial charge in [-0.25, -0.2) is 0 Å². The molecule has 0 N–H and O–H groups in total. The Hall–Kier alpha value is -0.980. The zero-order valence-electron chi connectivity index (χ0n) is 10.1. The molecule has 0 saturated carbocycles. The molecule has 0 saturated heterocycles. The summed E-state index contributed by atoms with van der Waals surface area (Å²) in [4.78, 5) is 0. The van der Waals surface area contributed by atoms with E-state index in [4.69, 9.17) is 4.74 Å². The van der Waals surface area contributed by atoms with Crippen LogP contribution >= 0.6 is 0 Å². The fourth-order valence-corrected chi connectivity index (χ4v) is 1.46. The third-order valence-electron chi connectivity index (χ3n) is 2.83. The van der Waals surface area contributed by atoms with Gasteiger partial charge in [-0.3, -0.25) is 0 Å². The first-order valence-electron chi connectivity index (χ1n) is 6.00. The lowest BCUT2D eigenvalue weighted by Crippen LogP contribution is -1.97. The Morgan fingerprint density at radius 3 is 2.33 bits per heavy atom. The number of unbranched alkanes of at least 4 members (excludes halogenated alkanes) is 1. The first-order chi connectivity index (χ1) is 7.27. The summed E-state index contributed by atoms with van der Waals surface area (Å²) in [6.45, 7) is 7.48. The second-order valence-electron chi connectivity index (χ2n) is 4.08. The van der Waals surface area contributed by atoms with Crippen LogP contribution in [0.5, 0.6) is 5.75 Å². The Labute approximate surface area is 93.5 Å². The summed E-state index contributed by atoms with van der Waals surface area (Å²) in [5.41, 5.74) is 1.40. The predicted octanol–water partition coefficient (Wildman–Crippen LogP) is 4.38. The number of rotatable bonds is 6. The Morgan fingerprint density at radius 1 is 1.13 bits per heavy atom. The molecule has 1 atom stereocenters. The van der Waals surface area contributed by atoms with Gasteiger partial charge in [-0.2, -0.15) is 0 Å². The van der Waals surface area contributed by atoms with Crippen molar-refractivity contribution in [1.82, 2.24) is 0 Å². The molecule has 0 radical (unpaired) electrons. The fourth-order valence-electron chi connectivity index (χ4n) is 1.46. The first kappa shape index (κ1) is 12.1. The lowest BCUT2D eigenvalue weighted by molar-refractivity contribution is 0.309. The fraction of sp³-hybridized carbons (Fsp3) is 0.571. The number of hydrogen-bond donors (Lipinski definition) is 0.